The molecule has 0 bridgehead atoms. The summed E-state index contributed by atoms with van der Waals surface area (Å²) in [6.45, 7) is 1.80. The van der Waals surface area contributed by atoms with Gasteiger partial charge in [-0.3, -0.25) is 9.59 Å². The van der Waals surface area contributed by atoms with Crippen molar-refractivity contribution in [3.05, 3.63) is 24.2 Å². The molecule has 0 aliphatic rings. The monoisotopic (exact) mass is 212 g/mol. The van der Waals surface area contributed by atoms with Gasteiger partial charge in [0.25, 0.3) is 0 Å². The van der Waals surface area contributed by atoms with Gasteiger partial charge in [0, 0.05) is 6.42 Å². The fourth-order valence-corrected chi connectivity index (χ4v) is 1.14. The number of furan rings is 1. The minimum absolute atomic E-state index is 0.0150. The van der Waals surface area contributed by atoms with Crippen molar-refractivity contribution in [1.29, 1.82) is 0 Å². The largest absolute Gasteiger partial charge is 0.481 e. The Balaban J connectivity index is 2.66. The van der Waals surface area contributed by atoms with Gasteiger partial charge >= 0.3 is 11.9 Å². The molecule has 1 atom stereocenters. The molecule has 1 rings (SSSR count). The van der Waals surface area contributed by atoms with E-state index in [4.69, 9.17) is 9.52 Å². The second-order valence-corrected chi connectivity index (χ2v) is 2.93. The first-order chi connectivity index (χ1) is 7.15. The lowest BCUT2D eigenvalue weighted by Crippen LogP contribution is -2.27. The first-order valence-corrected chi connectivity index (χ1v) is 4.57. The Bertz CT molecular complexity index is 328. The van der Waals surface area contributed by atoms with Crippen LogP contribution in [-0.4, -0.2) is 23.7 Å². The Morgan fingerprint density at radius 2 is 2.33 bits per heavy atom. The Labute approximate surface area is 86.6 Å². The summed E-state index contributed by atoms with van der Waals surface area (Å²) >= 11 is 0. The van der Waals surface area contributed by atoms with E-state index in [0.29, 0.717) is 5.76 Å². The van der Waals surface area contributed by atoms with E-state index >= 15 is 0 Å². The van der Waals surface area contributed by atoms with E-state index in [1.807, 2.05) is 0 Å². The molecule has 1 unspecified atom stereocenters. The second-order valence-electron chi connectivity index (χ2n) is 2.93. The number of hydrogen-bond donors (Lipinski definition) is 1. The van der Waals surface area contributed by atoms with Crippen LogP contribution in [0.15, 0.2) is 22.8 Å². The number of rotatable bonds is 5. The first kappa shape index (κ1) is 11.3. The maximum absolute atomic E-state index is 11.3. The van der Waals surface area contributed by atoms with Crippen molar-refractivity contribution < 1.29 is 23.8 Å². The minimum Gasteiger partial charge on any atom is -0.481 e. The number of esters is 1. The molecule has 0 spiro atoms. The van der Waals surface area contributed by atoms with Gasteiger partial charge in [-0.15, -0.1) is 0 Å². The Morgan fingerprint density at radius 1 is 1.60 bits per heavy atom. The molecule has 0 saturated carbocycles. The fraction of sp³-hybridized carbons (Fsp3) is 0.400. The molecule has 5 heteroatoms. The summed E-state index contributed by atoms with van der Waals surface area (Å²) in [4.78, 5) is 22.1. The van der Waals surface area contributed by atoms with Gasteiger partial charge in [0.15, 0.2) is 5.92 Å². The highest BCUT2D eigenvalue weighted by Crippen LogP contribution is 2.11. The van der Waals surface area contributed by atoms with E-state index in [0.717, 1.165) is 0 Å². The van der Waals surface area contributed by atoms with Gasteiger partial charge in [-0.25, -0.2) is 0 Å². The van der Waals surface area contributed by atoms with Gasteiger partial charge in [0.2, 0.25) is 0 Å². The lowest BCUT2D eigenvalue weighted by atomic mass is 10.0. The molecule has 0 aromatic carbocycles. The molecule has 15 heavy (non-hydrogen) atoms. The normalized spacial score (nSPS) is 12.1. The number of carbonyl (C=O) groups excluding carboxylic acids is 1. The highest BCUT2D eigenvalue weighted by atomic mass is 16.5. The highest BCUT2D eigenvalue weighted by Gasteiger charge is 2.28. The minimum atomic E-state index is -1.20. The lowest BCUT2D eigenvalue weighted by Gasteiger charge is -2.09. The predicted octanol–water partition coefficient (Wildman–Crippen LogP) is 1.09. The Hall–Kier alpha value is -1.78. The van der Waals surface area contributed by atoms with E-state index in [2.05, 4.69) is 4.74 Å². The summed E-state index contributed by atoms with van der Waals surface area (Å²) < 4.78 is 9.62. The molecule has 0 fully saturated rings. The van der Waals surface area contributed by atoms with Crippen LogP contribution in [0.5, 0.6) is 0 Å². The number of carboxylic acid groups (broad SMARTS) is 1. The van der Waals surface area contributed by atoms with Gasteiger partial charge in [-0.05, 0) is 19.1 Å². The summed E-state index contributed by atoms with van der Waals surface area (Å²) in [5.74, 6) is -2.68. The molecule has 1 N–H and O–H groups in total. The number of carboxylic acids is 1. The van der Waals surface area contributed by atoms with Crippen molar-refractivity contribution in [1.82, 2.24) is 0 Å². The molecular weight excluding hydrogens is 200 g/mol. The standard InChI is InChI=1S/C10H12O5/c1-2-14-10(13)8(9(11)12)6-7-4-3-5-15-7/h3-5,8H,2,6H2,1H3,(H,11,12). The van der Waals surface area contributed by atoms with E-state index in [-0.39, 0.29) is 13.0 Å². The lowest BCUT2D eigenvalue weighted by molar-refractivity contribution is -0.158. The van der Waals surface area contributed by atoms with Crippen molar-refractivity contribution in [3.8, 4) is 0 Å². The molecule has 82 valence electrons. The van der Waals surface area contributed by atoms with Crippen LogP contribution in [-0.2, 0) is 20.7 Å². The van der Waals surface area contributed by atoms with Crippen LogP contribution in [0.3, 0.4) is 0 Å². The van der Waals surface area contributed by atoms with E-state index in [9.17, 15) is 9.59 Å². The van der Waals surface area contributed by atoms with Crippen molar-refractivity contribution in [2.24, 2.45) is 5.92 Å². The smallest absolute Gasteiger partial charge is 0.320 e. The van der Waals surface area contributed by atoms with E-state index in [1.165, 1.54) is 6.26 Å². The average Bonchev–Trinajstić information content (AvgIpc) is 2.66. The maximum Gasteiger partial charge on any atom is 0.320 e. The molecule has 5 nitrogen and oxygen atoms in total. The average molecular weight is 212 g/mol. The summed E-state index contributed by atoms with van der Waals surface area (Å²) in [6.07, 6.45) is 1.45. The fourth-order valence-electron chi connectivity index (χ4n) is 1.14. The third-order valence-corrected chi connectivity index (χ3v) is 1.85. The zero-order valence-corrected chi connectivity index (χ0v) is 8.30. The molecule has 1 aromatic heterocycles. The second kappa shape index (κ2) is 5.19. The predicted molar refractivity (Wildman–Crippen MR) is 50.2 cm³/mol. The third-order valence-electron chi connectivity index (χ3n) is 1.85. The van der Waals surface area contributed by atoms with Crippen LogP contribution in [0.2, 0.25) is 0 Å². The van der Waals surface area contributed by atoms with Crippen LogP contribution in [0, 0.1) is 5.92 Å². The van der Waals surface area contributed by atoms with Crippen molar-refractivity contribution in [2.45, 2.75) is 13.3 Å². The Morgan fingerprint density at radius 3 is 2.80 bits per heavy atom. The first-order valence-electron chi connectivity index (χ1n) is 4.57. The molecule has 0 amide bonds. The molecule has 0 aliphatic heterocycles. The van der Waals surface area contributed by atoms with Crippen molar-refractivity contribution in [3.63, 3.8) is 0 Å². The van der Waals surface area contributed by atoms with Crippen LogP contribution >= 0.6 is 0 Å². The van der Waals surface area contributed by atoms with Gasteiger partial charge in [0.1, 0.15) is 5.76 Å². The van der Waals surface area contributed by atoms with Crippen LogP contribution in [0.1, 0.15) is 12.7 Å². The molecule has 1 heterocycles. The van der Waals surface area contributed by atoms with Crippen LogP contribution < -0.4 is 0 Å². The van der Waals surface area contributed by atoms with Crippen LogP contribution in [0.4, 0.5) is 0 Å². The highest BCUT2D eigenvalue weighted by molar-refractivity contribution is 5.94. The van der Waals surface area contributed by atoms with Gasteiger partial charge in [-0.2, -0.15) is 0 Å². The summed E-state index contributed by atoms with van der Waals surface area (Å²) in [7, 11) is 0. The van der Waals surface area contributed by atoms with Crippen molar-refractivity contribution >= 4 is 11.9 Å². The SMILES string of the molecule is CCOC(=O)C(Cc1ccco1)C(=O)O. The molecule has 0 saturated heterocycles. The topological polar surface area (TPSA) is 76.7 Å². The zero-order chi connectivity index (χ0) is 11.3. The number of carbonyl (C=O) groups is 2. The molecule has 0 radical (unpaired) electrons. The van der Waals surface area contributed by atoms with Crippen molar-refractivity contribution in [2.75, 3.05) is 6.61 Å². The summed E-state index contributed by atoms with van der Waals surface area (Å²) in [6, 6.07) is 3.26. The molecule has 0 aliphatic carbocycles. The third kappa shape index (κ3) is 3.12. The van der Waals surface area contributed by atoms with Gasteiger partial charge in [-0.1, -0.05) is 0 Å². The number of ether oxygens (including phenoxy) is 1. The maximum atomic E-state index is 11.3. The van der Waals surface area contributed by atoms with E-state index < -0.39 is 17.9 Å². The zero-order valence-electron chi connectivity index (χ0n) is 8.30. The summed E-state index contributed by atoms with van der Waals surface area (Å²) in [5, 5.41) is 8.83. The van der Waals surface area contributed by atoms with Gasteiger partial charge < -0.3 is 14.3 Å². The van der Waals surface area contributed by atoms with E-state index in [1.54, 1.807) is 19.1 Å². The Kier molecular flexibility index (Phi) is 3.91. The van der Waals surface area contributed by atoms with Crippen LogP contribution in [0.25, 0.3) is 0 Å². The molecular formula is C10H12O5. The molecule has 1 aromatic rings. The quantitative estimate of drug-likeness (QED) is 0.583. The number of aliphatic carboxylic acids is 1. The number of hydrogen-bond acceptors (Lipinski definition) is 4. The van der Waals surface area contributed by atoms with Gasteiger partial charge in [0.05, 0.1) is 12.9 Å². The summed E-state index contributed by atoms with van der Waals surface area (Å²) in [5.41, 5.74) is 0.